The van der Waals surface area contributed by atoms with E-state index in [1.54, 1.807) is 0 Å². The summed E-state index contributed by atoms with van der Waals surface area (Å²) in [5.41, 5.74) is 8.79. The Morgan fingerprint density at radius 2 is 2.00 bits per heavy atom. The molecule has 1 fully saturated rings. The van der Waals surface area contributed by atoms with Crippen LogP contribution >= 0.6 is 0 Å². The van der Waals surface area contributed by atoms with E-state index in [1.165, 1.54) is 0 Å². The van der Waals surface area contributed by atoms with Crippen LogP contribution in [-0.4, -0.2) is 17.8 Å². The van der Waals surface area contributed by atoms with Crippen LogP contribution in [0.1, 0.15) is 35.7 Å². The molecule has 0 spiro atoms. The molecule has 2 heterocycles. The predicted molar refractivity (Wildman–Crippen MR) is 62.1 cm³/mol. The van der Waals surface area contributed by atoms with Gasteiger partial charge in [-0.15, -0.1) is 0 Å². The Morgan fingerprint density at radius 3 is 2.50 bits per heavy atom. The van der Waals surface area contributed by atoms with E-state index in [0.29, 0.717) is 17.4 Å². The number of aromatic nitrogens is 1. The number of hydrogen-bond donors (Lipinski definition) is 1. The third-order valence-electron chi connectivity index (χ3n) is 3.46. The summed E-state index contributed by atoms with van der Waals surface area (Å²) in [6.45, 7) is 5.55. The third-order valence-corrected chi connectivity index (χ3v) is 3.46. The summed E-state index contributed by atoms with van der Waals surface area (Å²) >= 11 is 0. The number of hydrogen-bond acceptors (Lipinski definition) is 3. The fourth-order valence-corrected chi connectivity index (χ4v) is 2.41. The van der Waals surface area contributed by atoms with E-state index in [-0.39, 0.29) is 0 Å². The van der Waals surface area contributed by atoms with E-state index in [1.807, 2.05) is 13.8 Å². The average molecular weight is 219 g/mol. The van der Waals surface area contributed by atoms with E-state index >= 15 is 0 Å². The standard InChI is InChI=1S/C12H17N3O/c1-8-9(2)15(12(14)11(8)7-13)10-3-5-16-6-4-10/h10H,3-6,14H2,1-2H3. The molecule has 0 aromatic carbocycles. The zero-order chi connectivity index (χ0) is 11.7. The Hall–Kier alpha value is -1.47. The Kier molecular flexibility index (Phi) is 2.88. The van der Waals surface area contributed by atoms with Gasteiger partial charge in [0, 0.05) is 24.9 Å². The lowest BCUT2D eigenvalue weighted by atomic mass is 10.1. The van der Waals surface area contributed by atoms with Crippen LogP contribution in [0.3, 0.4) is 0 Å². The molecule has 1 aromatic heterocycles. The molecule has 0 saturated carbocycles. The second kappa shape index (κ2) is 4.18. The molecule has 4 nitrogen and oxygen atoms in total. The minimum Gasteiger partial charge on any atom is -0.384 e. The summed E-state index contributed by atoms with van der Waals surface area (Å²) in [5, 5.41) is 9.07. The fourth-order valence-electron chi connectivity index (χ4n) is 2.41. The molecule has 0 amide bonds. The van der Waals surface area contributed by atoms with Gasteiger partial charge in [0.2, 0.25) is 0 Å². The van der Waals surface area contributed by atoms with Gasteiger partial charge in [-0.05, 0) is 32.3 Å². The maximum Gasteiger partial charge on any atom is 0.122 e. The topological polar surface area (TPSA) is 64.0 Å². The first-order chi connectivity index (χ1) is 7.66. The third kappa shape index (κ3) is 1.57. The largest absolute Gasteiger partial charge is 0.384 e. The number of nitrogens with zero attached hydrogens (tertiary/aromatic N) is 2. The molecule has 0 atom stereocenters. The van der Waals surface area contributed by atoms with Crippen LogP contribution in [0.25, 0.3) is 0 Å². The number of rotatable bonds is 1. The SMILES string of the molecule is Cc1c(C#N)c(N)n(C2CCOCC2)c1C. The molecular formula is C12H17N3O. The van der Waals surface area contributed by atoms with Crippen LogP contribution in [0.2, 0.25) is 0 Å². The summed E-state index contributed by atoms with van der Waals surface area (Å²) in [6, 6.07) is 2.57. The van der Waals surface area contributed by atoms with Gasteiger partial charge in [-0.1, -0.05) is 0 Å². The second-order valence-corrected chi connectivity index (χ2v) is 4.30. The second-order valence-electron chi connectivity index (χ2n) is 4.30. The van der Waals surface area contributed by atoms with Crippen molar-refractivity contribution in [3.05, 3.63) is 16.8 Å². The highest BCUT2D eigenvalue weighted by atomic mass is 16.5. The minimum absolute atomic E-state index is 0.384. The molecule has 1 aromatic rings. The Morgan fingerprint density at radius 1 is 1.38 bits per heavy atom. The van der Waals surface area contributed by atoms with Crippen molar-refractivity contribution in [1.82, 2.24) is 4.57 Å². The van der Waals surface area contributed by atoms with Gasteiger partial charge >= 0.3 is 0 Å². The number of nitrogens with two attached hydrogens (primary N) is 1. The molecule has 1 saturated heterocycles. The summed E-state index contributed by atoms with van der Waals surface area (Å²) in [4.78, 5) is 0. The highest BCUT2D eigenvalue weighted by Crippen LogP contribution is 2.31. The quantitative estimate of drug-likeness (QED) is 0.784. The molecule has 0 radical (unpaired) electrons. The molecule has 1 aliphatic rings. The molecule has 86 valence electrons. The van der Waals surface area contributed by atoms with Gasteiger partial charge in [-0.2, -0.15) is 5.26 Å². The maximum atomic E-state index is 9.07. The smallest absolute Gasteiger partial charge is 0.122 e. The first-order valence-electron chi connectivity index (χ1n) is 5.61. The van der Waals surface area contributed by atoms with E-state index in [2.05, 4.69) is 10.6 Å². The van der Waals surface area contributed by atoms with Gasteiger partial charge in [0.15, 0.2) is 0 Å². The van der Waals surface area contributed by atoms with E-state index in [0.717, 1.165) is 37.3 Å². The fraction of sp³-hybridized carbons (Fsp3) is 0.583. The predicted octanol–water partition coefficient (Wildman–Crippen LogP) is 1.91. The lowest BCUT2D eigenvalue weighted by Crippen LogP contribution is -2.21. The van der Waals surface area contributed by atoms with Crippen molar-refractivity contribution >= 4 is 5.82 Å². The Labute approximate surface area is 95.6 Å². The molecular weight excluding hydrogens is 202 g/mol. The summed E-state index contributed by atoms with van der Waals surface area (Å²) in [6.07, 6.45) is 1.95. The van der Waals surface area contributed by atoms with Crippen LogP contribution in [0.5, 0.6) is 0 Å². The van der Waals surface area contributed by atoms with Crippen molar-refractivity contribution in [2.45, 2.75) is 32.7 Å². The number of anilines is 1. The summed E-state index contributed by atoms with van der Waals surface area (Å²) < 4.78 is 7.45. The zero-order valence-corrected chi connectivity index (χ0v) is 9.79. The lowest BCUT2D eigenvalue weighted by molar-refractivity contribution is 0.0697. The first kappa shape index (κ1) is 11.0. The van der Waals surface area contributed by atoms with Crippen molar-refractivity contribution < 1.29 is 4.74 Å². The lowest BCUT2D eigenvalue weighted by Gasteiger charge is -2.26. The van der Waals surface area contributed by atoms with Crippen molar-refractivity contribution in [2.75, 3.05) is 18.9 Å². The van der Waals surface area contributed by atoms with Crippen LogP contribution < -0.4 is 5.73 Å². The minimum atomic E-state index is 0.384. The van der Waals surface area contributed by atoms with E-state index in [9.17, 15) is 0 Å². The van der Waals surface area contributed by atoms with Gasteiger partial charge in [-0.25, -0.2) is 0 Å². The van der Waals surface area contributed by atoms with Crippen LogP contribution in [-0.2, 0) is 4.74 Å². The summed E-state index contributed by atoms with van der Waals surface area (Å²) in [5.74, 6) is 0.615. The van der Waals surface area contributed by atoms with Gasteiger partial charge in [0.1, 0.15) is 11.9 Å². The highest BCUT2D eigenvalue weighted by Gasteiger charge is 2.23. The average Bonchev–Trinajstić information content (AvgIpc) is 2.51. The molecule has 0 unspecified atom stereocenters. The van der Waals surface area contributed by atoms with Crippen molar-refractivity contribution in [3.8, 4) is 6.07 Å². The van der Waals surface area contributed by atoms with E-state index in [4.69, 9.17) is 15.7 Å². The number of nitrogen functional groups attached to an aromatic ring is 1. The van der Waals surface area contributed by atoms with Gasteiger partial charge in [0.25, 0.3) is 0 Å². The van der Waals surface area contributed by atoms with Gasteiger partial charge in [-0.3, -0.25) is 0 Å². The number of ether oxygens (including phenoxy) is 1. The summed E-state index contributed by atoms with van der Waals surface area (Å²) in [7, 11) is 0. The van der Waals surface area contributed by atoms with Crippen LogP contribution in [0, 0.1) is 25.2 Å². The van der Waals surface area contributed by atoms with Gasteiger partial charge < -0.3 is 15.0 Å². The molecule has 2 N–H and O–H groups in total. The molecule has 16 heavy (non-hydrogen) atoms. The van der Waals surface area contributed by atoms with Crippen molar-refractivity contribution in [2.24, 2.45) is 0 Å². The normalized spacial score (nSPS) is 17.3. The Balaban J connectivity index is 2.44. The molecule has 2 rings (SSSR count). The molecule has 0 bridgehead atoms. The monoisotopic (exact) mass is 219 g/mol. The first-order valence-corrected chi connectivity index (χ1v) is 5.61. The Bertz CT molecular complexity index is 436. The molecule has 0 aliphatic carbocycles. The highest BCUT2D eigenvalue weighted by molar-refractivity contribution is 5.58. The van der Waals surface area contributed by atoms with Crippen molar-refractivity contribution in [1.29, 1.82) is 5.26 Å². The van der Waals surface area contributed by atoms with Crippen LogP contribution in [0.4, 0.5) is 5.82 Å². The molecule has 4 heteroatoms. The zero-order valence-electron chi connectivity index (χ0n) is 9.79. The van der Waals surface area contributed by atoms with E-state index < -0.39 is 0 Å². The van der Waals surface area contributed by atoms with Crippen molar-refractivity contribution in [3.63, 3.8) is 0 Å². The van der Waals surface area contributed by atoms with Gasteiger partial charge in [0.05, 0.1) is 5.56 Å². The van der Waals surface area contributed by atoms with Crippen LogP contribution in [0.15, 0.2) is 0 Å². The number of nitriles is 1. The maximum absolute atomic E-state index is 9.07. The molecule has 1 aliphatic heterocycles.